The number of aromatic nitrogens is 1. The molecule has 1 aromatic heterocycles. The van der Waals surface area contributed by atoms with Crippen molar-refractivity contribution in [3.05, 3.63) is 53.2 Å². The normalized spacial score (nSPS) is 12.0. The lowest BCUT2D eigenvalue weighted by Crippen LogP contribution is -2.30. The van der Waals surface area contributed by atoms with E-state index in [2.05, 4.69) is 15.5 Å². The van der Waals surface area contributed by atoms with Crippen LogP contribution in [0.3, 0.4) is 0 Å². The molecule has 0 unspecified atom stereocenters. The van der Waals surface area contributed by atoms with Crippen LogP contribution in [0.1, 0.15) is 19.4 Å². The zero-order chi connectivity index (χ0) is 17.6. The van der Waals surface area contributed by atoms with Crippen molar-refractivity contribution in [1.82, 2.24) is 9.29 Å². The van der Waals surface area contributed by atoms with Crippen molar-refractivity contribution in [3.8, 4) is 0 Å². The van der Waals surface area contributed by atoms with Gasteiger partial charge in [-0.2, -0.15) is 9.41 Å². The predicted octanol–water partition coefficient (Wildman–Crippen LogP) is 3.21. The summed E-state index contributed by atoms with van der Waals surface area (Å²) in [6, 6.07) is 10.4. The number of hydrazone groups is 1. The monoisotopic (exact) mass is 366 g/mol. The molecule has 8 heteroatoms. The van der Waals surface area contributed by atoms with Crippen molar-refractivity contribution in [2.45, 2.75) is 18.7 Å². The Kier molecular flexibility index (Phi) is 6.30. The van der Waals surface area contributed by atoms with Crippen molar-refractivity contribution in [2.24, 2.45) is 5.10 Å². The van der Waals surface area contributed by atoms with Gasteiger partial charge in [0, 0.05) is 29.9 Å². The molecule has 0 aliphatic heterocycles. The average Bonchev–Trinajstić information content (AvgIpc) is 2.58. The molecule has 2 aromatic rings. The number of benzene rings is 1. The van der Waals surface area contributed by atoms with E-state index in [-0.39, 0.29) is 4.90 Å². The summed E-state index contributed by atoms with van der Waals surface area (Å²) < 4.78 is 26.1. The minimum absolute atomic E-state index is 0.159. The Morgan fingerprint density at radius 3 is 2.50 bits per heavy atom. The van der Waals surface area contributed by atoms with E-state index in [1.54, 1.807) is 32.2 Å². The molecule has 128 valence electrons. The molecule has 0 aliphatic carbocycles. The van der Waals surface area contributed by atoms with E-state index in [4.69, 9.17) is 11.6 Å². The molecule has 2 rings (SSSR count). The number of nitrogens with one attached hydrogen (secondary N) is 1. The molecule has 0 atom stereocenters. The fraction of sp³-hybridized carbons (Fsp3) is 0.250. The number of nitrogens with zero attached hydrogens (tertiary/aromatic N) is 3. The first-order valence-electron chi connectivity index (χ1n) is 7.48. The van der Waals surface area contributed by atoms with Crippen molar-refractivity contribution in [1.29, 1.82) is 0 Å². The molecule has 1 N–H and O–H groups in total. The summed E-state index contributed by atoms with van der Waals surface area (Å²) in [6.45, 7) is 4.43. The summed E-state index contributed by atoms with van der Waals surface area (Å²) in [4.78, 5) is 4.25. The number of hydrogen-bond donors (Lipinski definition) is 1. The average molecular weight is 367 g/mol. The van der Waals surface area contributed by atoms with Gasteiger partial charge in [0.05, 0.1) is 6.21 Å². The van der Waals surface area contributed by atoms with Crippen molar-refractivity contribution in [2.75, 3.05) is 18.5 Å². The third kappa shape index (κ3) is 4.31. The van der Waals surface area contributed by atoms with Crippen LogP contribution in [-0.2, 0) is 10.0 Å². The molecule has 24 heavy (non-hydrogen) atoms. The third-order valence-corrected chi connectivity index (χ3v) is 5.75. The van der Waals surface area contributed by atoms with Crippen LogP contribution in [0.4, 0.5) is 5.82 Å². The fourth-order valence-corrected chi connectivity index (χ4v) is 3.65. The first-order chi connectivity index (χ1) is 11.5. The minimum Gasteiger partial charge on any atom is -0.261 e. The second-order valence-electron chi connectivity index (χ2n) is 4.86. The predicted molar refractivity (Wildman–Crippen MR) is 97.0 cm³/mol. The quantitative estimate of drug-likeness (QED) is 0.603. The van der Waals surface area contributed by atoms with E-state index in [0.29, 0.717) is 23.9 Å². The SMILES string of the molecule is CCN(CC)S(=O)(=O)c1ccc(N/N=C\c2ccccc2Cl)nc1. The number of anilines is 1. The Morgan fingerprint density at radius 1 is 1.21 bits per heavy atom. The largest absolute Gasteiger partial charge is 0.261 e. The molecule has 0 aliphatic rings. The molecule has 0 saturated heterocycles. The molecule has 0 saturated carbocycles. The Labute approximate surface area is 147 Å². The van der Waals surface area contributed by atoms with Gasteiger partial charge in [-0.1, -0.05) is 43.6 Å². The topological polar surface area (TPSA) is 74.7 Å². The Balaban J connectivity index is 2.09. The molecule has 0 bridgehead atoms. The summed E-state index contributed by atoms with van der Waals surface area (Å²) >= 11 is 6.03. The van der Waals surface area contributed by atoms with Crippen LogP contribution in [0.5, 0.6) is 0 Å². The number of pyridine rings is 1. The summed E-state index contributed by atoms with van der Waals surface area (Å²) in [5.41, 5.74) is 3.52. The summed E-state index contributed by atoms with van der Waals surface area (Å²) in [5.74, 6) is 0.441. The summed E-state index contributed by atoms with van der Waals surface area (Å²) in [6.07, 6.45) is 2.89. The highest BCUT2D eigenvalue weighted by molar-refractivity contribution is 7.89. The van der Waals surface area contributed by atoms with Crippen molar-refractivity contribution >= 4 is 33.7 Å². The third-order valence-electron chi connectivity index (χ3n) is 3.37. The van der Waals surface area contributed by atoms with Gasteiger partial charge in [0.25, 0.3) is 0 Å². The Hall–Kier alpha value is -1.96. The van der Waals surface area contributed by atoms with Gasteiger partial charge >= 0.3 is 0 Å². The van der Waals surface area contributed by atoms with Crippen LogP contribution in [0.2, 0.25) is 5.02 Å². The zero-order valence-corrected chi connectivity index (χ0v) is 15.0. The van der Waals surface area contributed by atoms with Gasteiger partial charge in [0.15, 0.2) is 0 Å². The van der Waals surface area contributed by atoms with E-state index in [9.17, 15) is 8.42 Å². The van der Waals surface area contributed by atoms with E-state index in [1.807, 2.05) is 18.2 Å². The molecule has 0 spiro atoms. The maximum Gasteiger partial charge on any atom is 0.244 e. The molecule has 1 heterocycles. The second kappa shape index (κ2) is 8.23. The highest BCUT2D eigenvalue weighted by Gasteiger charge is 2.21. The van der Waals surface area contributed by atoms with Crippen LogP contribution in [0.25, 0.3) is 0 Å². The highest BCUT2D eigenvalue weighted by Crippen LogP contribution is 2.16. The van der Waals surface area contributed by atoms with Gasteiger partial charge in [-0.15, -0.1) is 0 Å². The van der Waals surface area contributed by atoms with Gasteiger partial charge in [0.1, 0.15) is 10.7 Å². The first kappa shape index (κ1) is 18.4. The van der Waals surface area contributed by atoms with Crippen LogP contribution in [0, 0.1) is 0 Å². The maximum absolute atomic E-state index is 12.4. The van der Waals surface area contributed by atoms with E-state index in [0.717, 1.165) is 5.56 Å². The molecule has 0 fully saturated rings. The number of hydrogen-bond acceptors (Lipinski definition) is 5. The van der Waals surface area contributed by atoms with Gasteiger partial charge in [0.2, 0.25) is 10.0 Å². The van der Waals surface area contributed by atoms with Crippen LogP contribution < -0.4 is 5.43 Å². The van der Waals surface area contributed by atoms with Gasteiger partial charge in [-0.05, 0) is 18.2 Å². The number of sulfonamides is 1. The Bertz CT molecular complexity index is 803. The smallest absolute Gasteiger partial charge is 0.244 e. The highest BCUT2D eigenvalue weighted by atomic mass is 35.5. The molecule has 6 nitrogen and oxygen atoms in total. The van der Waals surface area contributed by atoms with Crippen LogP contribution >= 0.6 is 11.6 Å². The zero-order valence-electron chi connectivity index (χ0n) is 13.5. The molecular weight excluding hydrogens is 348 g/mol. The Morgan fingerprint density at radius 2 is 1.92 bits per heavy atom. The van der Waals surface area contributed by atoms with E-state index < -0.39 is 10.0 Å². The summed E-state index contributed by atoms with van der Waals surface area (Å²) in [5, 5.41) is 4.64. The number of halogens is 1. The molecule has 1 aromatic carbocycles. The number of rotatable bonds is 7. The van der Waals surface area contributed by atoms with Gasteiger partial charge in [-0.3, -0.25) is 5.43 Å². The fourth-order valence-electron chi connectivity index (χ4n) is 2.06. The van der Waals surface area contributed by atoms with Crippen LogP contribution in [0.15, 0.2) is 52.6 Å². The second-order valence-corrected chi connectivity index (χ2v) is 7.21. The lowest BCUT2D eigenvalue weighted by atomic mass is 10.2. The van der Waals surface area contributed by atoms with Gasteiger partial charge < -0.3 is 0 Å². The van der Waals surface area contributed by atoms with Crippen molar-refractivity contribution < 1.29 is 8.42 Å². The molecule has 0 amide bonds. The minimum atomic E-state index is -3.50. The molecular formula is C16H19ClN4O2S. The maximum atomic E-state index is 12.4. The van der Waals surface area contributed by atoms with Gasteiger partial charge in [-0.25, -0.2) is 13.4 Å². The summed E-state index contributed by atoms with van der Waals surface area (Å²) in [7, 11) is -3.50. The van der Waals surface area contributed by atoms with E-state index >= 15 is 0 Å². The lowest BCUT2D eigenvalue weighted by Gasteiger charge is -2.18. The first-order valence-corrected chi connectivity index (χ1v) is 9.30. The lowest BCUT2D eigenvalue weighted by molar-refractivity contribution is 0.445. The molecule has 0 radical (unpaired) electrons. The van der Waals surface area contributed by atoms with Crippen LogP contribution in [-0.4, -0.2) is 37.0 Å². The van der Waals surface area contributed by atoms with Crippen molar-refractivity contribution in [3.63, 3.8) is 0 Å². The van der Waals surface area contributed by atoms with E-state index in [1.165, 1.54) is 16.6 Å². The standard InChI is InChI=1S/C16H19ClN4O2S/c1-3-21(4-2)24(22,23)14-9-10-16(18-12-14)20-19-11-13-7-5-6-8-15(13)17/h5-12H,3-4H2,1-2H3,(H,18,20)/b19-11-.